The third kappa shape index (κ3) is 5.91. The molecule has 0 radical (unpaired) electrons. The summed E-state index contributed by atoms with van der Waals surface area (Å²) in [4.78, 5) is 17.4. The van der Waals surface area contributed by atoms with E-state index in [9.17, 15) is 13.2 Å². The van der Waals surface area contributed by atoms with Crippen LogP contribution in [0.25, 0.3) is 0 Å². The lowest BCUT2D eigenvalue weighted by Gasteiger charge is -2.31. The predicted octanol–water partition coefficient (Wildman–Crippen LogP) is 1.23. The van der Waals surface area contributed by atoms with Crippen LogP contribution in [0.15, 0.2) is 23.1 Å². The molecule has 0 aromatic heterocycles. The molecule has 0 unspecified atom stereocenters. The first kappa shape index (κ1) is 23.6. The van der Waals surface area contributed by atoms with Gasteiger partial charge in [0.05, 0.1) is 23.7 Å². The van der Waals surface area contributed by atoms with E-state index < -0.39 is 10.0 Å². The van der Waals surface area contributed by atoms with Crippen molar-refractivity contribution in [2.45, 2.75) is 31.7 Å². The molecule has 0 spiro atoms. The second-order valence-electron chi connectivity index (χ2n) is 7.54. The van der Waals surface area contributed by atoms with E-state index >= 15 is 0 Å². The molecule has 0 bridgehead atoms. The number of sulfonamides is 1. The SMILES string of the molecule is CCN(CCNC(=O)c1cc(S(=O)(=O)N(C)C)ccc1N1CCOCC1)C(C)C. The maximum Gasteiger partial charge on any atom is 0.253 e. The summed E-state index contributed by atoms with van der Waals surface area (Å²) >= 11 is 0. The van der Waals surface area contributed by atoms with Gasteiger partial charge in [-0.25, -0.2) is 12.7 Å². The van der Waals surface area contributed by atoms with Crippen LogP contribution in [-0.2, 0) is 14.8 Å². The number of rotatable bonds is 9. The summed E-state index contributed by atoms with van der Waals surface area (Å²) in [6.07, 6.45) is 0. The van der Waals surface area contributed by atoms with Crippen molar-refractivity contribution in [1.29, 1.82) is 0 Å². The molecule has 1 N–H and O–H groups in total. The summed E-state index contributed by atoms with van der Waals surface area (Å²) in [6, 6.07) is 5.17. The van der Waals surface area contributed by atoms with E-state index in [1.165, 1.54) is 20.2 Å². The van der Waals surface area contributed by atoms with E-state index in [0.29, 0.717) is 44.5 Å². The Balaban J connectivity index is 2.28. The quantitative estimate of drug-likeness (QED) is 0.640. The van der Waals surface area contributed by atoms with E-state index in [1.807, 2.05) is 0 Å². The molecule has 2 rings (SSSR count). The fraction of sp³-hybridized carbons (Fsp3) is 0.650. The minimum absolute atomic E-state index is 0.113. The molecular weight excluding hydrogens is 392 g/mol. The zero-order valence-electron chi connectivity index (χ0n) is 18.1. The third-order valence-corrected chi connectivity index (χ3v) is 6.98. The summed E-state index contributed by atoms with van der Waals surface area (Å²) in [7, 11) is -0.663. The zero-order valence-corrected chi connectivity index (χ0v) is 19.0. The Morgan fingerprint density at radius 2 is 1.90 bits per heavy atom. The van der Waals surface area contributed by atoms with Crippen LogP contribution in [0.1, 0.15) is 31.1 Å². The van der Waals surface area contributed by atoms with Crippen LogP contribution in [-0.4, -0.2) is 89.6 Å². The zero-order chi connectivity index (χ0) is 21.6. The van der Waals surface area contributed by atoms with Crippen molar-refractivity contribution >= 4 is 21.6 Å². The average Bonchev–Trinajstić information content (AvgIpc) is 2.70. The first-order valence-corrected chi connectivity index (χ1v) is 11.5. The highest BCUT2D eigenvalue weighted by molar-refractivity contribution is 7.89. The number of ether oxygens (including phenoxy) is 1. The van der Waals surface area contributed by atoms with Gasteiger partial charge in [-0.3, -0.25) is 9.69 Å². The monoisotopic (exact) mass is 426 g/mol. The number of benzene rings is 1. The maximum atomic E-state index is 13.0. The first-order chi connectivity index (χ1) is 13.7. The number of hydrogen-bond donors (Lipinski definition) is 1. The lowest BCUT2D eigenvalue weighted by atomic mass is 10.1. The van der Waals surface area contributed by atoms with Crippen LogP contribution in [0, 0.1) is 0 Å². The van der Waals surface area contributed by atoms with Crippen molar-refractivity contribution in [1.82, 2.24) is 14.5 Å². The van der Waals surface area contributed by atoms with Gasteiger partial charge in [-0.2, -0.15) is 0 Å². The number of anilines is 1. The number of likely N-dealkylation sites (N-methyl/N-ethyl adjacent to an activating group) is 1. The first-order valence-electron chi connectivity index (χ1n) is 10.1. The lowest BCUT2D eigenvalue weighted by Crippen LogP contribution is -2.40. The van der Waals surface area contributed by atoms with E-state index in [1.54, 1.807) is 12.1 Å². The van der Waals surface area contributed by atoms with Gasteiger partial charge in [-0.1, -0.05) is 6.92 Å². The van der Waals surface area contributed by atoms with Gasteiger partial charge in [0.25, 0.3) is 5.91 Å². The molecule has 1 aromatic rings. The molecule has 1 amide bonds. The van der Waals surface area contributed by atoms with Gasteiger partial charge in [0.15, 0.2) is 0 Å². The molecule has 0 saturated carbocycles. The number of carbonyl (C=O) groups excluding carboxylic acids is 1. The van der Waals surface area contributed by atoms with Crippen molar-refractivity contribution in [3.63, 3.8) is 0 Å². The molecule has 164 valence electrons. The van der Waals surface area contributed by atoms with E-state index in [2.05, 4.69) is 35.9 Å². The van der Waals surface area contributed by atoms with Crippen LogP contribution in [0.3, 0.4) is 0 Å². The molecule has 29 heavy (non-hydrogen) atoms. The van der Waals surface area contributed by atoms with Gasteiger partial charge in [0, 0.05) is 52.0 Å². The molecule has 1 aromatic carbocycles. The van der Waals surface area contributed by atoms with Crippen molar-refractivity contribution in [3.05, 3.63) is 23.8 Å². The molecule has 0 aliphatic carbocycles. The number of nitrogens with one attached hydrogen (secondary N) is 1. The van der Waals surface area contributed by atoms with Gasteiger partial charge >= 0.3 is 0 Å². The van der Waals surface area contributed by atoms with Crippen molar-refractivity contribution in [2.24, 2.45) is 0 Å². The number of amides is 1. The third-order valence-electron chi connectivity index (χ3n) is 5.16. The van der Waals surface area contributed by atoms with Gasteiger partial charge in [0.2, 0.25) is 10.0 Å². The Labute approximate surface area is 174 Å². The summed E-state index contributed by atoms with van der Waals surface area (Å²) in [5.41, 5.74) is 1.11. The van der Waals surface area contributed by atoms with E-state index in [0.717, 1.165) is 23.1 Å². The molecule has 0 atom stereocenters. The Morgan fingerprint density at radius 3 is 2.45 bits per heavy atom. The van der Waals surface area contributed by atoms with Crippen LogP contribution in [0.2, 0.25) is 0 Å². The highest BCUT2D eigenvalue weighted by Crippen LogP contribution is 2.26. The van der Waals surface area contributed by atoms with Gasteiger partial charge in [0.1, 0.15) is 0 Å². The van der Waals surface area contributed by atoms with Gasteiger partial charge < -0.3 is 15.0 Å². The molecule has 1 heterocycles. The van der Waals surface area contributed by atoms with Crippen molar-refractivity contribution in [3.8, 4) is 0 Å². The Hall–Kier alpha value is -1.68. The highest BCUT2D eigenvalue weighted by atomic mass is 32.2. The summed E-state index contributed by atoms with van der Waals surface area (Å²) in [6.45, 7) is 11.0. The average molecular weight is 427 g/mol. The number of nitrogens with zero attached hydrogens (tertiary/aromatic N) is 3. The largest absolute Gasteiger partial charge is 0.378 e. The smallest absolute Gasteiger partial charge is 0.253 e. The predicted molar refractivity (Wildman–Crippen MR) is 115 cm³/mol. The molecule has 1 saturated heterocycles. The summed E-state index contributed by atoms with van der Waals surface area (Å²) in [5, 5.41) is 2.96. The summed E-state index contributed by atoms with van der Waals surface area (Å²) in [5.74, 6) is -0.262. The minimum Gasteiger partial charge on any atom is -0.378 e. The van der Waals surface area contributed by atoms with Crippen molar-refractivity contribution in [2.75, 3.05) is 64.9 Å². The van der Waals surface area contributed by atoms with Crippen LogP contribution >= 0.6 is 0 Å². The number of hydrogen-bond acceptors (Lipinski definition) is 6. The molecule has 1 aliphatic rings. The number of carbonyl (C=O) groups is 1. The molecule has 9 heteroatoms. The Morgan fingerprint density at radius 1 is 1.24 bits per heavy atom. The van der Waals surface area contributed by atoms with Gasteiger partial charge in [-0.05, 0) is 38.6 Å². The second-order valence-corrected chi connectivity index (χ2v) is 9.70. The van der Waals surface area contributed by atoms with Gasteiger partial charge in [-0.15, -0.1) is 0 Å². The van der Waals surface area contributed by atoms with Crippen molar-refractivity contribution < 1.29 is 17.9 Å². The highest BCUT2D eigenvalue weighted by Gasteiger charge is 2.24. The molecular formula is C20H34N4O4S. The fourth-order valence-electron chi connectivity index (χ4n) is 3.34. The summed E-state index contributed by atoms with van der Waals surface area (Å²) < 4.78 is 31.7. The second kappa shape index (κ2) is 10.4. The van der Waals surface area contributed by atoms with Crippen LogP contribution in [0.4, 0.5) is 5.69 Å². The lowest BCUT2D eigenvalue weighted by molar-refractivity contribution is 0.0944. The van der Waals surface area contributed by atoms with Crippen LogP contribution < -0.4 is 10.2 Å². The van der Waals surface area contributed by atoms with Crippen LogP contribution in [0.5, 0.6) is 0 Å². The number of morpholine rings is 1. The van der Waals surface area contributed by atoms with E-state index in [4.69, 9.17) is 4.74 Å². The maximum absolute atomic E-state index is 13.0. The topological polar surface area (TPSA) is 82.2 Å². The standard InChI is InChI=1S/C20H34N4O4S/c1-6-23(16(2)3)10-9-21-20(25)18-15-17(29(26,27)22(4)5)7-8-19(18)24-11-13-28-14-12-24/h7-8,15-16H,6,9-14H2,1-5H3,(H,21,25). The Kier molecular flexibility index (Phi) is 8.45. The molecule has 1 aliphatic heterocycles. The van der Waals surface area contributed by atoms with E-state index in [-0.39, 0.29) is 10.8 Å². The molecule has 8 nitrogen and oxygen atoms in total. The molecule has 1 fully saturated rings. The minimum atomic E-state index is -3.63. The normalized spacial score (nSPS) is 15.4. The Bertz CT molecular complexity index is 790. The fourth-order valence-corrected chi connectivity index (χ4v) is 4.27.